The predicted molar refractivity (Wildman–Crippen MR) is 57.4 cm³/mol. The fraction of sp³-hybridized carbons (Fsp3) is 0.500. The van der Waals surface area contributed by atoms with Gasteiger partial charge in [-0.05, 0) is 18.9 Å². The van der Waals surface area contributed by atoms with Crippen molar-refractivity contribution in [2.24, 2.45) is 0 Å². The van der Waals surface area contributed by atoms with Crippen molar-refractivity contribution < 1.29 is 22.4 Å². The number of rotatable bonds is 4. The van der Waals surface area contributed by atoms with E-state index in [4.69, 9.17) is 9.47 Å². The van der Waals surface area contributed by atoms with Crippen molar-refractivity contribution >= 4 is 12.4 Å². The third-order valence-electron chi connectivity index (χ3n) is 2.57. The van der Waals surface area contributed by atoms with Gasteiger partial charge in [0.05, 0.1) is 12.3 Å². The zero-order valence-corrected chi connectivity index (χ0v) is 9.11. The molecule has 0 aromatic carbocycles. The number of hydrogen-bond acceptors (Lipinski definition) is 3. The first-order valence-electron chi connectivity index (χ1n) is 5.45. The summed E-state index contributed by atoms with van der Waals surface area (Å²) in [4.78, 5) is 3.53. The van der Waals surface area contributed by atoms with Gasteiger partial charge in [-0.2, -0.15) is 0 Å². The maximum absolute atomic E-state index is 12.5. The second-order valence-electron chi connectivity index (χ2n) is 3.97. The lowest BCUT2D eigenvalue weighted by atomic mass is 9.81. The summed E-state index contributed by atoms with van der Waals surface area (Å²) in [6.07, 6.45) is 3.92. The smallest absolute Gasteiger partial charge is 0.489 e. The fourth-order valence-corrected chi connectivity index (χ4v) is 1.66. The quantitative estimate of drug-likeness (QED) is 0.757. The molecule has 0 spiro atoms. The summed E-state index contributed by atoms with van der Waals surface area (Å²) in [6.45, 7) is -4.06. The summed E-state index contributed by atoms with van der Waals surface area (Å²) in [5, 5.41) is 0. The minimum absolute atomic E-state index is 0.0185. The normalized spacial score (nSPS) is 20.5. The molecule has 1 saturated heterocycles. The van der Waals surface area contributed by atoms with Crippen molar-refractivity contribution in [3.05, 3.63) is 18.5 Å². The molecule has 17 heavy (non-hydrogen) atoms. The van der Waals surface area contributed by atoms with E-state index in [2.05, 4.69) is 4.98 Å². The Morgan fingerprint density at radius 1 is 1.41 bits per heavy atom. The van der Waals surface area contributed by atoms with Crippen LogP contribution in [-0.4, -0.2) is 31.3 Å². The van der Waals surface area contributed by atoms with E-state index in [0.717, 1.165) is 25.1 Å². The van der Waals surface area contributed by atoms with Gasteiger partial charge in [-0.3, -0.25) is 4.98 Å². The van der Waals surface area contributed by atoms with Crippen LogP contribution < -0.4 is 10.2 Å². The molecule has 1 fully saturated rings. The SMILES string of the molecule is F[B-](F)(F)c1cncc(OCC2CCCO2)c1. The van der Waals surface area contributed by atoms with Gasteiger partial charge in [0.15, 0.2) is 0 Å². The number of hydrogen-bond donors (Lipinski definition) is 0. The van der Waals surface area contributed by atoms with E-state index in [0.29, 0.717) is 6.61 Å². The molecule has 7 heteroatoms. The van der Waals surface area contributed by atoms with Crippen LogP contribution in [0.25, 0.3) is 0 Å². The van der Waals surface area contributed by atoms with E-state index in [9.17, 15) is 12.9 Å². The Kier molecular flexibility index (Phi) is 3.56. The van der Waals surface area contributed by atoms with Crippen molar-refractivity contribution in [3.63, 3.8) is 0 Å². The minimum Gasteiger partial charge on any atom is -0.489 e. The van der Waals surface area contributed by atoms with Crippen molar-refractivity contribution in [1.29, 1.82) is 0 Å². The number of pyridine rings is 1. The standard InChI is InChI=1S/C10H12BF3NO2/c12-11(13,14)8-4-10(6-15-5-8)17-7-9-2-1-3-16-9/h4-6,9H,1-3,7H2/q-1. The van der Waals surface area contributed by atoms with Crippen LogP contribution in [0, 0.1) is 0 Å². The van der Waals surface area contributed by atoms with Crippen molar-refractivity contribution in [1.82, 2.24) is 4.98 Å². The molecule has 94 valence electrons. The van der Waals surface area contributed by atoms with Crippen LogP contribution in [0.1, 0.15) is 12.8 Å². The summed E-state index contributed by atoms with van der Waals surface area (Å²) >= 11 is 0. The molecule has 0 radical (unpaired) electrons. The molecule has 1 unspecified atom stereocenters. The highest BCUT2D eigenvalue weighted by atomic mass is 19.4. The molecule has 1 atom stereocenters. The third-order valence-corrected chi connectivity index (χ3v) is 2.57. The maximum atomic E-state index is 12.5. The first-order chi connectivity index (χ1) is 8.05. The van der Waals surface area contributed by atoms with Crippen LogP contribution >= 0.6 is 0 Å². The van der Waals surface area contributed by atoms with Gasteiger partial charge < -0.3 is 22.4 Å². The van der Waals surface area contributed by atoms with E-state index in [1.807, 2.05) is 0 Å². The van der Waals surface area contributed by atoms with Crippen LogP contribution in [0.5, 0.6) is 5.75 Å². The van der Waals surface area contributed by atoms with E-state index in [1.54, 1.807) is 0 Å². The van der Waals surface area contributed by atoms with E-state index >= 15 is 0 Å². The third kappa shape index (κ3) is 3.36. The van der Waals surface area contributed by atoms with E-state index in [-0.39, 0.29) is 18.5 Å². The van der Waals surface area contributed by atoms with Gasteiger partial charge in [-0.25, -0.2) is 0 Å². The highest BCUT2D eigenvalue weighted by Gasteiger charge is 2.26. The van der Waals surface area contributed by atoms with Crippen LogP contribution in [0.15, 0.2) is 18.5 Å². The van der Waals surface area contributed by atoms with Gasteiger partial charge in [-0.1, -0.05) is 5.46 Å². The molecule has 1 aromatic heterocycles. The summed E-state index contributed by atoms with van der Waals surface area (Å²) in [5.74, 6) is 0.136. The maximum Gasteiger partial charge on any atom is 0.511 e. The van der Waals surface area contributed by atoms with Gasteiger partial charge >= 0.3 is 6.98 Å². The summed E-state index contributed by atoms with van der Waals surface area (Å²) < 4.78 is 47.9. The van der Waals surface area contributed by atoms with Crippen LogP contribution in [0.2, 0.25) is 0 Å². The zero-order chi connectivity index (χ0) is 12.3. The van der Waals surface area contributed by atoms with Gasteiger partial charge in [0.25, 0.3) is 0 Å². The highest BCUT2D eigenvalue weighted by molar-refractivity contribution is 6.73. The molecule has 2 heterocycles. The second kappa shape index (κ2) is 4.95. The molecule has 2 rings (SSSR count). The Labute approximate surface area is 97.0 Å². The monoisotopic (exact) mass is 246 g/mol. The van der Waals surface area contributed by atoms with Crippen molar-refractivity contribution in [3.8, 4) is 5.75 Å². The predicted octanol–water partition coefficient (Wildman–Crippen LogP) is 1.69. The Morgan fingerprint density at radius 3 is 2.88 bits per heavy atom. The lowest BCUT2D eigenvalue weighted by molar-refractivity contribution is 0.0678. The minimum atomic E-state index is -5.03. The van der Waals surface area contributed by atoms with Crippen LogP contribution in [-0.2, 0) is 4.74 Å². The molecule has 0 amide bonds. The second-order valence-corrected chi connectivity index (χ2v) is 3.97. The summed E-state index contributed by atoms with van der Waals surface area (Å²) in [6, 6.07) is 0.974. The van der Waals surface area contributed by atoms with Crippen molar-refractivity contribution in [2.75, 3.05) is 13.2 Å². The van der Waals surface area contributed by atoms with Gasteiger partial charge in [0.1, 0.15) is 12.4 Å². The lowest BCUT2D eigenvalue weighted by Crippen LogP contribution is -2.34. The van der Waals surface area contributed by atoms with E-state index in [1.165, 1.54) is 6.20 Å². The molecule has 3 nitrogen and oxygen atoms in total. The molecular formula is C10H12BF3NO2-. The Hall–Kier alpha value is -1.24. The molecule has 0 saturated carbocycles. The largest absolute Gasteiger partial charge is 0.511 e. The lowest BCUT2D eigenvalue weighted by Gasteiger charge is -2.16. The fourth-order valence-electron chi connectivity index (χ4n) is 1.66. The molecule has 1 aliphatic rings. The topological polar surface area (TPSA) is 31.4 Å². The number of nitrogens with zero attached hydrogens (tertiary/aromatic N) is 1. The average molecular weight is 246 g/mol. The van der Waals surface area contributed by atoms with E-state index < -0.39 is 12.4 Å². The Balaban J connectivity index is 1.96. The number of aromatic nitrogens is 1. The van der Waals surface area contributed by atoms with Gasteiger partial charge in [-0.15, -0.1) is 0 Å². The summed E-state index contributed by atoms with van der Waals surface area (Å²) in [5.41, 5.74) is -0.741. The Bertz CT molecular complexity index is 380. The number of halogens is 3. The molecule has 0 bridgehead atoms. The highest BCUT2D eigenvalue weighted by Crippen LogP contribution is 2.16. The molecule has 0 aliphatic carbocycles. The van der Waals surface area contributed by atoms with Crippen LogP contribution in [0.4, 0.5) is 12.9 Å². The van der Waals surface area contributed by atoms with Crippen LogP contribution in [0.3, 0.4) is 0 Å². The number of ether oxygens (including phenoxy) is 2. The molecule has 1 aliphatic heterocycles. The zero-order valence-electron chi connectivity index (χ0n) is 9.11. The van der Waals surface area contributed by atoms with Gasteiger partial charge in [0, 0.05) is 12.8 Å². The molecule has 0 N–H and O–H groups in total. The van der Waals surface area contributed by atoms with Gasteiger partial charge in [0.2, 0.25) is 0 Å². The summed E-state index contributed by atoms with van der Waals surface area (Å²) in [7, 11) is 0. The van der Waals surface area contributed by atoms with Crippen molar-refractivity contribution in [2.45, 2.75) is 18.9 Å². The first-order valence-corrected chi connectivity index (χ1v) is 5.45. The molecular weight excluding hydrogens is 234 g/mol. The Morgan fingerprint density at radius 2 is 2.24 bits per heavy atom. The average Bonchev–Trinajstić information content (AvgIpc) is 2.78. The molecule has 1 aromatic rings. The first kappa shape index (κ1) is 12.2.